The van der Waals surface area contributed by atoms with Crippen molar-refractivity contribution in [3.8, 4) is 0 Å². The highest BCUT2D eigenvalue weighted by Gasteiger charge is 2.32. The van der Waals surface area contributed by atoms with Gasteiger partial charge < -0.3 is 0 Å². The van der Waals surface area contributed by atoms with Gasteiger partial charge in [0.25, 0.3) is 0 Å². The summed E-state index contributed by atoms with van der Waals surface area (Å²) in [6, 6.07) is 19.3. The molecule has 1 aliphatic rings. The molecular weight excluding hydrogens is 308 g/mol. The lowest BCUT2D eigenvalue weighted by Crippen LogP contribution is -2.00. The van der Waals surface area contributed by atoms with E-state index in [1.807, 2.05) is 18.2 Å². The highest BCUT2D eigenvalue weighted by molar-refractivity contribution is 6.41. The van der Waals surface area contributed by atoms with Crippen molar-refractivity contribution in [3.05, 3.63) is 88.5 Å². The number of aryl methyl sites for hydroxylation is 1. The Balaban J connectivity index is 1.87. The molecule has 0 radical (unpaired) electrons. The minimum absolute atomic E-state index is 0.178. The fourth-order valence-corrected chi connectivity index (χ4v) is 3.56. The molecule has 2 heteroatoms. The van der Waals surface area contributed by atoms with Crippen LogP contribution in [0, 0.1) is 0 Å². The van der Waals surface area contributed by atoms with E-state index >= 15 is 0 Å². The number of hydrogen-bond donors (Lipinski definition) is 0. The summed E-state index contributed by atoms with van der Waals surface area (Å²) < 4.78 is 0. The molecule has 2 nitrogen and oxygen atoms in total. The number of rotatable bonds is 3. The summed E-state index contributed by atoms with van der Waals surface area (Å²) in [5, 5.41) is 2.27. The number of ketones is 2. The van der Waals surface area contributed by atoms with Crippen LogP contribution in [0.3, 0.4) is 0 Å². The highest BCUT2D eigenvalue weighted by atomic mass is 16.2. The molecule has 0 N–H and O–H groups in total. The molecule has 1 aliphatic carbocycles. The molecule has 0 saturated carbocycles. The molecule has 25 heavy (non-hydrogen) atoms. The Labute approximate surface area is 146 Å². The standard InChI is InChI=1S/C23H18O2/c1-2-7-15-12-13-16(18-9-4-3-8-17(15)18)14-21-22(24)19-10-5-6-11-20(19)23(21)25/h3-6,8-14H,2,7H2,1H3. The zero-order valence-corrected chi connectivity index (χ0v) is 14.1. The zero-order chi connectivity index (χ0) is 17.4. The van der Waals surface area contributed by atoms with E-state index in [4.69, 9.17) is 0 Å². The minimum Gasteiger partial charge on any atom is -0.288 e. The van der Waals surface area contributed by atoms with Crippen LogP contribution >= 0.6 is 0 Å². The fourth-order valence-electron chi connectivity index (χ4n) is 3.56. The molecule has 0 amide bonds. The lowest BCUT2D eigenvalue weighted by molar-refractivity contribution is 0.0990. The fraction of sp³-hybridized carbons (Fsp3) is 0.130. The number of benzene rings is 3. The molecule has 3 aromatic carbocycles. The van der Waals surface area contributed by atoms with Crippen LogP contribution in [0.2, 0.25) is 0 Å². The molecular formula is C23H18O2. The van der Waals surface area contributed by atoms with E-state index < -0.39 is 0 Å². The van der Waals surface area contributed by atoms with Gasteiger partial charge in [-0.25, -0.2) is 0 Å². The number of carbonyl (C=O) groups excluding carboxylic acids is 2. The normalized spacial score (nSPS) is 13.4. The average molecular weight is 326 g/mol. The number of hydrogen-bond acceptors (Lipinski definition) is 2. The third-order valence-electron chi connectivity index (χ3n) is 4.77. The number of fused-ring (bicyclic) bond motifs is 2. The minimum atomic E-state index is -0.178. The number of allylic oxidation sites excluding steroid dienone is 1. The van der Waals surface area contributed by atoms with Crippen LogP contribution in [-0.2, 0) is 6.42 Å². The Morgan fingerprint density at radius 2 is 1.36 bits per heavy atom. The molecule has 0 aliphatic heterocycles. The van der Waals surface area contributed by atoms with Gasteiger partial charge >= 0.3 is 0 Å². The van der Waals surface area contributed by atoms with Gasteiger partial charge in [-0.15, -0.1) is 0 Å². The summed E-state index contributed by atoms with van der Waals surface area (Å²) in [5.41, 5.74) is 3.48. The van der Waals surface area contributed by atoms with Crippen molar-refractivity contribution in [2.24, 2.45) is 0 Å². The maximum absolute atomic E-state index is 12.6. The van der Waals surface area contributed by atoms with E-state index in [1.54, 1.807) is 30.3 Å². The summed E-state index contributed by atoms with van der Waals surface area (Å²) in [7, 11) is 0. The van der Waals surface area contributed by atoms with Crippen molar-refractivity contribution in [2.75, 3.05) is 0 Å². The third kappa shape index (κ3) is 2.51. The Kier molecular flexibility index (Phi) is 3.81. The van der Waals surface area contributed by atoms with Crippen LogP contribution in [0.15, 0.2) is 66.2 Å². The maximum Gasteiger partial charge on any atom is 0.197 e. The molecule has 4 rings (SSSR count). The Morgan fingerprint density at radius 3 is 2.00 bits per heavy atom. The van der Waals surface area contributed by atoms with Crippen LogP contribution in [0.4, 0.5) is 0 Å². The largest absolute Gasteiger partial charge is 0.288 e. The molecule has 122 valence electrons. The SMILES string of the molecule is CCCc1ccc(C=C2C(=O)c3ccccc3C2=O)c2ccccc12. The molecule has 0 aromatic heterocycles. The van der Waals surface area contributed by atoms with E-state index in [0.717, 1.165) is 23.8 Å². The van der Waals surface area contributed by atoms with Gasteiger partial charge in [0, 0.05) is 11.1 Å². The summed E-state index contributed by atoms with van der Waals surface area (Å²) in [6.45, 7) is 2.16. The first-order valence-electron chi connectivity index (χ1n) is 8.61. The second-order valence-electron chi connectivity index (χ2n) is 6.37. The van der Waals surface area contributed by atoms with E-state index in [9.17, 15) is 9.59 Å². The quantitative estimate of drug-likeness (QED) is 0.486. The summed E-state index contributed by atoms with van der Waals surface area (Å²) in [5.74, 6) is -0.357. The monoisotopic (exact) mass is 326 g/mol. The first-order valence-corrected chi connectivity index (χ1v) is 8.61. The molecule has 0 fully saturated rings. The molecule has 0 bridgehead atoms. The predicted octanol–water partition coefficient (Wildman–Crippen LogP) is 5.25. The van der Waals surface area contributed by atoms with Crippen LogP contribution in [0.5, 0.6) is 0 Å². The van der Waals surface area contributed by atoms with Crippen molar-refractivity contribution in [1.82, 2.24) is 0 Å². The van der Waals surface area contributed by atoms with Gasteiger partial charge in [-0.2, -0.15) is 0 Å². The smallest absolute Gasteiger partial charge is 0.197 e. The van der Waals surface area contributed by atoms with E-state index in [2.05, 4.69) is 25.1 Å². The lowest BCUT2D eigenvalue weighted by atomic mass is 9.95. The number of carbonyl (C=O) groups is 2. The molecule has 0 atom stereocenters. The van der Waals surface area contributed by atoms with Crippen molar-refractivity contribution in [3.63, 3.8) is 0 Å². The van der Waals surface area contributed by atoms with Crippen molar-refractivity contribution >= 4 is 28.4 Å². The van der Waals surface area contributed by atoms with Crippen LogP contribution in [0.1, 0.15) is 45.2 Å². The molecule has 0 unspecified atom stereocenters. The second-order valence-corrected chi connectivity index (χ2v) is 6.37. The second kappa shape index (κ2) is 6.14. The van der Waals surface area contributed by atoms with E-state index in [0.29, 0.717) is 11.1 Å². The van der Waals surface area contributed by atoms with Crippen LogP contribution in [0.25, 0.3) is 16.8 Å². The molecule has 0 heterocycles. The van der Waals surface area contributed by atoms with Crippen LogP contribution in [-0.4, -0.2) is 11.6 Å². The van der Waals surface area contributed by atoms with Gasteiger partial charge in [0.15, 0.2) is 11.6 Å². The number of Topliss-reactive ketones (excluding diaryl/α,β-unsaturated/α-hetero) is 2. The predicted molar refractivity (Wildman–Crippen MR) is 101 cm³/mol. The zero-order valence-electron chi connectivity index (χ0n) is 14.1. The van der Waals surface area contributed by atoms with Crippen molar-refractivity contribution < 1.29 is 9.59 Å². The van der Waals surface area contributed by atoms with Gasteiger partial charge in [-0.1, -0.05) is 74.0 Å². The summed E-state index contributed by atoms with van der Waals surface area (Å²) >= 11 is 0. The third-order valence-corrected chi connectivity index (χ3v) is 4.77. The lowest BCUT2D eigenvalue weighted by Gasteiger charge is -2.09. The molecule has 0 saturated heterocycles. The highest BCUT2D eigenvalue weighted by Crippen LogP contribution is 2.30. The van der Waals surface area contributed by atoms with Gasteiger partial charge in [0.2, 0.25) is 0 Å². The van der Waals surface area contributed by atoms with Crippen molar-refractivity contribution in [2.45, 2.75) is 19.8 Å². The maximum atomic E-state index is 12.6. The molecule has 3 aromatic rings. The van der Waals surface area contributed by atoms with Crippen LogP contribution < -0.4 is 0 Å². The Hall–Kier alpha value is -3.00. The van der Waals surface area contributed by atoms with Crippen molar-refractivity contribution in [1.29, 1.82) is 0 Å². The Bertz CT molecular complexity index is 1000. The van der Waals surface area contributed by atoms with Gasteiger partial charge in [0.1, 0.15) is 0 Å². The van der Waals surface area contributed by atoms with Gasteiger partial charge in [-0.05, 0) is 34.4 Å². The van der Waals surface area contributed by atoms with E-state index in [-0.39, 0.29) is 17.1 Å². The van der Waals surface area contributed by atoms with E-state index in [1.165, 1.54) is 10.9 Å². The Morgan fingerprint density at radius 1 is 0.760 bits per heavy atom. The summed E-state index contributed by atoms with van der Waals surface area (Å²) in [6.07, 6.45) is 3.85. The first-order chi connectivity index (χ1) is 12.2. The topological polar surface area (TPSA) is 34.1 Å². The molecule has 0 spiro atoms. The average Bonchev–Trinajstić information content (AvgIpc) is 2.89. The van der Waals surface area contributed by atoms with Gasteiger partial charge in [0.05, 0.1) is 5.57 Å². The first kappa shape index (κ1) is 15.5. The summed E-state index contributed by atoms with van der Waals surface area (Å²) in [4.78, 5) is 25.3. The van der Waals surface area contributed by atoms with Gasteiger partial charge in [-0.3, -0.25) is 9.59 Å².